The van der Waals surface area contributed by atoms with Crippen molar-refractivity contribution in [1.29, 1.82) is 0 Å². The summed E-state index contributed by atoms with van der Waals surface area (Å²) < 4.78 is 43.9. The van der Waals surface area contributed by atoms with E-state index in [4.69, 9.17) is 11.5 Å². The molecule has 0 radical (unpaired) electrons. The van der Waals surface area contributed by atoms with Gasteiger partial charge in [0.15, 0.2) is 22.8 Å². The molecule has 65 heavy (non-hydrogen) atoms. The first kappa shape index (κ1) is 46.8. The molecule has 0 spiro atoms. The zero-order valence-corrected chi connectivity index (χ0v) is 35.5. The number of amides is 2. The molecule has 2 saturated carbocycles. The molecule has 6 aliphatic rings. The topological polar surface area (TPSA) is 323 Å². The third-order valence-electron chi connectivity index (χ3n) is 14.0. The molecule has 18 nitrogen and oxygen atoms in total. The number of benzene rings is 2. The summed E-state index contributed by atoms with van der Waals surface area (Å²) in [6, 6.07) is 2.70. The van der Waals surface area contributed by atoms with Gasteiger partial charge in [-0.15, -0.1) is 0 Å². The summed E-state index contributed by atoms with van der Waals surface area (Å²) in [7, 11) is 5.84. The van der Waals surface area contributed by atoms with Gasteiger partial charge in [0.25, 0.3) is 11.8 Å². The number of nitrogens with zero attached hydrogens (tertiary/aromatic N) is 2. The Morgan fingerprint density at radius 3 is 1.42 bits per heavy atom. The Bertz CT molecular complexity index is 2720. The first-order valence-corrected chi connectivity index (χ1v) is 20.0. The molecule has 2 aromatic carbocycles. The lowest BCUT2D eigenvalue weighted by molar-refractivity contribution is -0.160. The number of Topliss-reactive ketones (excluding diaryl/α,β-unsaturated/α-hetero) is 4. The lowest BCUT2D eigenvalue weighted by atomic mass is 9.54. The third-order valence-corrected chi connectivity index (χ3v) is 14.0. The van der Waals surface area contributed by atoms with E-state index >= 15 is 0 Å². The van der Waals surface area contributed by atoms with Gasteiger partial charge in [-0.3, -0.25) is 38.6 Å². The number of aliphatic hydroxyl groups is 8. The number of carbonyl (C=O) groups excluding carboxylic acids is 6. The minimum Gasteiger partial charge on any atom is -0.508 e. The second-order valence-electron chi connectivity index (χ2n) is 18.0. The van der Waals surface area contributed by atoms with Crippen molar-refractivity contribution in [2.75, 3.05) is 28.2 Å². The molecular formula is C44H45F3N4O14. The fraction of sp³-hybridized carbons (Fsp3) is 0.409. The van der Waals surface area contributed by atoms with Crippen LogP contribution in [-0.4, -0.2) is 137 Å². The smallest absolute Gasteiger partial charge is 0.255 e. The molecule has 346 valence electrons. The van der Waals surface area contributed by atoms with Crippen molar-refractivity contribution in [1.82, 2.24) is 9.80 Å². The minimum absolute atomic E-state index is 0.0446. The Morgan fingerprint density at radius 1 is 0.615 bits per heavy atom. The minimum atomic E-state index is -2.88. The van der Waals surface area contributed by atoms with Crippen LogP contribution in [-0.2, 0) is 40.0 Å². The predicted octanol–water partition coefficient (Wildman–Crippen LogP) is 0.264. The van der Waals surface area contributed by atoms with Gasteiger partial charge in [0.2, 0.25) is 11.6 Å². The molecule has 0 bridgehead atoms. The van der Waals surface area contributed by atoms with Gasteiger partial charge < -0.3 is 52.3 Å². The number of hydrogen-bond donors (Lipinski definition) is 10. The number of hydrogen-bond acceptors (Lipinski definition) is 16. The summed E-state index contributed by atoms with van der Waals surface area (Å²) in [6.45, 7) is 2.48. The van der Waals surface area contributed by atoms with Gasteiger partial charge in [-0.05, 0) is 78.6 Å². The van der Waals surface area contributed by atoms with Crippen molar-refractivity contribution >= 4 is 46.5 Å². The molecular weight excluding hydrogens is 865 g/mol. The number of rotatable bonds is 4. The maximum Gasteiger partial charge on any atom is 0.255 e. The highest BCUT2D eigenvalue weighted by Gasteiger charge is 2.68. The normalized spacial score (nSPS) is 34.1. The molecule has 21 heteroatoms. The predicted molar refractivity (Wildman–Crippen MR) is 217 cm³/mol. The van der Waals surface area contributed by atoms with E-state index in [-0.39, 0.29) is 12.0 Å². The maximum absolute atomic E-state index is 14.7. The molecule has 0 aliphatic heterocycles. The summed E-state index contributed by atoms with van der Waals surface area (Å²) in [4.78, 5) is 79.7. The van der Waals surface area contributed by atoms with Gasteiger partial charge in [-0.1, -0.05) is 12.1 Å². The summed E-state index contributed by atoms with van der Waals surface area (Å²) in [6.07, 6.45) is -0.649. The van der Waals surface area contributed by atoms with Gasteiger partial charge in [-0.2, -0.15) is 0 Å². The highest BCUT2D eigenvalue weighted by Crippen LogP contribution is 2.58. The summed E-state index contributed by atoms with van der Waals surface area (Å²) in [5.41, 5.74) is -3.98. The average Bonchev–Trinajstić information content (AvgIpc) is 3.19. The van der Waals surface area contributed by atoms with Crippen LogP contribution in [0.4, 0.5) is 13.2 Å². The number of carbonyl (C=O) groups is 6. The first-order valence-electron chi connectivity index (χ1n) is 20.0. The number of ketones is 4. The quantitative estimate of drug-likeness (QED) is 0.184. The molecule has 2 fully saturated rings. The molecule has 6 aliphatic carbocycles. The van der Waals surface area contributed by atoms with Crippen molar-refractivity contribution in [2.24, 2.45) is 35.1 Å². The second kappa shape index (κ2) is 14.9. The zero-order valence-electron chi connectivity index (χ0n) is 35.5. The standard InChI is InChI=1S/C22H22F2N2O7.C22H23FN2O7/c1-21(32)7-6-8-15(26(2)3)17(28)13(20(25)31)19(30)22(8,33)18(29)11(7)16(27)12-9(23)4-5-10(24)14(12)21;1-21(31)8-5-4-6-11(23)12(8)16(26)13-9(21)7-10-15(25(2)3)17(27)14(20(24)30)19(29)22(10,32)18(13)28/h4-5,7-8,15,27,30,32-33H,6H2,1-3H3,(H2,25,31);4-6,9-10,15,26,29,31-32H,7H2,1-3H3,(H2,24,30)/t7-,8+,15-,21?,22+;9-,10+,15-,21?,22+/m00/s1. The Kier molecular flexibility index (Phi) is 10.7. The van der Waals surface area contributed by atoms with Crippen LogP contribution in [0.5, 0.6) is 0 Å². The van der Waals surface area contributed by atoms with E-state index < -0.39 is 179 Å². The number of aliphatic hydroxyl groups excluding tert-OH is 4. The fourth-order valence-corrected chi connectivity index (χ4v) is 11.0. The van der Waals surface area contributed by atoms with Crippen molar-refractivity contribution in [2.45, 2.75) is 61.2 Å². The van der Waals surface area contributed by atoms with E-state index in [0.717, 1.165) is 19.1 Å². The van der Waals surface area contributed by atoms with E-state index in [2.05, 4.69) is 0 Å². The van der Waals surface area contributed by atoms with Crippen LogP contribution in [0.3, 0.4) is 0 Å². The van der Waals surface area contributed by atoms with Gasteiger partial charge in [0, 0.05) is 40.4 Å². The molecule has 0 heterocycles. The average molecular weight is 911 g/mol. The fourth-order valence-electron chi connectivity index (χ4n) is 11.0. The number of halogens is 3. The maximum atomic E-state index is 14.7. The Morgan fingerprint density at radius 2 is 1.00 bits per heavy atom. The van der Waals surface area contributed by atoms with E-state index in [1.54, 1.807) is 0 Å². The van der Waals surface area contributed by atoms with Crippen molar-refractivity contribution in [3.05, 3.63) is 104 Å². The highest BCUT2D eigenvalue weighted by molar-refractivity contribution is 6.25. The molecule has 2 aromatic rings. The number of nitrogens with two attached hydrogens (primary N) is 2. The van der Waals surface area contributed by atoms with Crippen LogP contribution in [0.15, 0.2) is 64.1 Å². The molecule has 2 amide bonds. The molecule has 2 unspecified atom stereocenters. The van der Waals surface area contributed by atoms with Gasteiger partial charge in [-0.25, -0.2) is 13.2 Å². The van der Waals surface area contributed by atoms with Crippen LogP contribution in [0.25, 0.3) is 11.5 Å². The summed E-state index contributed by atoms with van der Waals surface area (Å²) >= 11 is 0. The Labute approximate surface area is 366 Å². The van der Waals surface area contributed by atoms with Crippen LogP contribution >= 0.6 is 0 Å². The van der Waals surface area contributed by atoms with Crippen LogP contribution in [0.1, 0.15) is 48.9 Å². The first-order chi connectivity index (χ1) is 30.0. The lowest BCUT2D eigenvalue weighted by Crippen LogP contribution is -2.67. The van der Waals surface area contributed by atoms with E-state index in [1.807, 2.05) is 0 Å². The van der Waals surface area contributed by atoms with Gasteiger partial charge >= 0.3 is 0 Å². The molecule has 0 saturated heterocycles. The lowest BCUT2D eigenvalue weighted by Gasteiger charge is -2.53. The third kappa shape index (κ3) is 6.02. The monoisotopic (exact) mass is 910 g/mol. The number of primary amides is 2. The highest BCUT2D eigenvalue weighted by atomic mass is 19.1. The van der Waals surface area contributed by atoms with Crippen LogP contribution in [0, 0.1) is 41.1 Å². The van der Waals surface area contributed by atoms with Gasteiger partial charge in [0.05, 0.1) is 34.4 Å². The molecule has 10 atom stereocenters. The Balaban J connectivity index is 0.000000194. The van der Waals surface area contributed by atoms with Crippen molar-refractivity contribution < 1.29 is 82.8 Å². The van der Waals surface area contributed by atoms with Gasteiger partial charge in [0.1, 0.15) is 51.6 Å². The van der Waals surface area contributed by atoms with E-state index in [1.165, 1.54) is 57.0 Å². The molecule has 0 aromatic heterocycles. The van der Waals surface area contributed by atoms with Crippen molar-refractivity contribution in [3.8, 4) is 0 Å². The molecule has 8 rings (SSSR count). The number of likely N-dealkylation sites (N-methyl/N-ethyl adjacent to an activating group) is 2. The summed E-state index contributed by atoms with van der Waals surface area (Å²) in [5, 5.41) is 88.7. The van der Waals surface area contributed by atoms with Crippen LogP contribution < -0.4 is 11.5 Å². The Hall–Kier alpha value is -6.23. The number of fused-ring (bicyclic) bond motifs is 6. The van der Waals surface area contributed by atoms with Crippen molar-refractivity contribution in [3.63, 3.8) is 0 Å². The zero-order chi connectivity index (χ0) is 48.7. The second-order valence-corrected chi connectivity index (χ2v) is 18.0. The summed E-state index contributed by atoms with van der Waals surface area (Å²) in [5.74, 6) is -19.7. The van der Waals surface area contributed by atoms with Crippen LogP contribution in [0.2, 0.25) is 0 Å². The van der Waals surface area contributed by atoms with E-state index in [0.29, 0.717) is 6.07 Å². The van der Waals surface area contributed by atoms with E-state index in [9.17, 15) is 82.8 Å². The SMILES string of the molecule is CN(C)[C@@H]1C(=O)C(C(N)=O)=C(O)[C@]2(O)C(=O)C3=C(O)c4c(F)ccc(F)c4C(C)(O)[C@H]3C[C@H]12.CN(C)[C@@H]1C(=O)C(C(N)=O)=C(O)[C@]2(O)C(=O)C3=C(O)c4c(F)cccc4C(C)(O)[C@H]3C[C@H]12. The largest absolute Gasteiger partial charge is 0.508 e. The molecule has 12 N–H and O–H groups in total.